The minimum absolute atomic E-state index is 0.136. The van der Waals surface area contributed by atoms with Gasteiger partial charge in [-0.15, -0.1) is 0 Å². The van der Waals surface area contributed by atoms with Crippen molar-refractivity contribution in [2.24, 2.45) is 0 Å². The van der Waals surface area contributed by atoms with Crippen LogP contribution >= 0.6 is 0 Å². The molecule has 2 aromatic rings. The largest absolute Gasteiger partial charge is 0.488 e. The summed E-state index contributed by atoms with van der Waals surface area (Å²) in [5.41, 5.74) is 3.20. The van der Waals surface area contributed by atoms with E-state index in [2.05, 4.69) is 0 Å². The van der Waals surface area contributed by atoms with Gasteiger partial charge in [0.25, 0.3) is 5.91 Å². The number of ether oxygens (including phenoxy) is 2. The lowest BCUT2D eigenvalue weighted by Crippen LogP contribution is -2.34. The first-order chi connectivity index (χ1) is 15.1. The molecular formula is C26H27NO4. The molecular weight excluding hydrogens is 390 g/mol. The zero-order valence-electron chi connectivity index (χ0n) is 18.0. The van der Waals surface area contributed by atoms with Crippen molar-refractivity contribution in [1.82, 2.24) is 4.90 Å². The average Bonchev–Trinajstić information content (AvgIpc) is 3.40. The fraction of sp³-hybridized carbons (Fsp3) is 0.308. The normalized spacial score (nSPS) is 18.2. The summed E-state index contributed by atoms with van der Waals surface area (Å²) < 4.78 is 11.1. The predicted octanol–water partition coefficient (Wildman–Crippen LogP) is 4.88. The van der Waals surface area contributed by atoms with Crippen molar-refractivity contribution < 1.29 is 19.1 Å². The molecule has 0 unspecified atom stereocenters. The maximum Gasteiger partial charge on any atom is 0.340 e. The van der Waals surface area contributed by atoms with Crippen LogP contribution in [0.15, 0.2) is 71.4 Å². The van der Waals surface area contributed by atoms with E-state index in [1.54, 1.807) is 11.0 Å². The average molecular weight is 418 g/mol. The van der Waals surface area contributed by atoms with Gasteiger partial charge in [-0.2, -0.15) is 0 Å². The van der Waals surface area contributed by atoms with E-state index in [9.17, 15) is 9.59 Å². The van der Waals surface area contributed by atoms with Crippen LogP contribution in [0.2, 0.25) is 0 Å². The molecule has 1 fully saturated rings. The zero-order valence-corrected chi connectivity index (χ0v) is 18.0. The minimum atomic E-state index is -0.486. The Morgan fingerprint density at radius 3 is 2.45 bits per heavy atom. The van der Waals surface area contributed by atoms with Crippen LogP contribution in [-0.4, -0.2) is 29.9 Å². The van der Waals surface area contributed by atoms with Crippen LogP contribution in [0.25, 0.3) is 6.08 Å². The van der Waals surface area contributed by atoms with Crippen molar-refractivity contribution in [3.63, 3.8) is 0 Å². The highest BCUT2D eigenvalue weighted by atomic mass is 16.5. The number of amides is 1. The molecule has 2 aliphatic rings. The molecule has 1 heterocycles. The number of esters is 1. The van der Waals surface area contributed by atoms with Crippen LogP contribution in [0.3, 0.4) is 0 Å². The third-order valence-electron chi connectivity index (χ3n) is 5.98. The number of allylic oxidation sites excluding steroid dienone is 1. The van der Waals surface area contributed by atoms with Gasteiger partial charge in [-0.25, -0.2) is 4.79 Å². The standard InChI is InChI=1S/C26H27NO4/c1-18-24(26(29)30-2)22(25(28)27(18)21-13-7-8-14-21)16-20-12-6-9-15-23(20)31-17-19-10-4-3-5-11-19/h3-6,9-12,15-16,21H,7-8,13-14,17H2,1-2H3. The lowest BCUT2D eigenvalue weighted by molar-refractivity contribution is -0.136. The third-order valence-corrected chi connectivity index (χ3v) is 5.98. The van der Waals surface area contributed by atoms with Gasteiger partial charge >= 0.3 is 5.97 Å². The first-order valence-corrected chi connectivity index (χ1v) is 10.7. The van der Waals surface area contributed by atoms with Crippen molar-refractivity contribution in [2.45, 2.75) is 45.3 Å². The molecule has 0 bridgehead atoms. The second-order valence-electron chi connectivity index (χ2n) is 7.94. The van der Waals surface area contributed by atoms with E-state index >= 15 is 0 Å². The molecule has 0 radical (unpaired) electrons. The molecule has 31 heavy (non-hydrogen) atoms. The summed E-state index contributed by atoms with van der Waals surface area (Å²) in [6, 6.07) is 17.6. The number of carbonyl (C=O) groups is 2. The van der Waals surface area contributed by atoms with Crippen molar-refractivity contribution in [2.75, 3.05) is 7.11 Å². The Hall–Kier alpha value is -3.34. The summed E-state index contributed by atoms with van der Waals surface area (Å²) in [5.74, 6) is 0.0378. The SMILES string of the molecule is COC(=O)C1=C(C)N(C2CCCC2)C(=O)C1=Cc1ccccc1OCc1ccccc1. The van der Waals surface area contributed by atoms with Gasteiger partial charge in [0.2, 0.25) is 0 Å². The van der Waals surface area contributed by atoms with Gasteiger partial charge in [0.15, 0.2) is 0 Å². The maximum atomic E-state index is 13.4. The summed E-state index contributed by atoms with van der Waals surface area (Å²) >= 11 is 0. The Morgan fingerprint density at radius 1 is 1.06 bits per heavy atom. The molecule has 0 atom stereocenters. The Morgan fingerprint density at radius 2 is 1.74 bits per heavy atom. The molecule has 4 rings (SSSR count). The van der Waals surface area contributed by atoms with Crippen LogP contribution in [-0.2, 0) is 20.9 Å². The van der Waals surface area contributed by atoms with Gasteiger partial charge in [-0.1, -0.05) is 61.4 Å². The summed E-state index contributed by atoms with van der Waals surface area (Å²) in [7, 11) is 1.35. The maximum absolute atomic E-state index is 13.4. The second kappa shape index (κ2) is 9.21. The fourth-order valence-electron chi connectivity index (χ4n) is 4.42. The van der Waals surface area contributed by atoms with E-state index in [-0.39, 0.29) is 11.9 Å². The van der Waals surface area contributed by atoms with E-state index in [0.717, 1.165) is 36.8 Å². The molecule has 1 aliphatic carbocycles. The smallest absolute Gasteiger partial charge is 0.340 e. The molecule has 0 aromatic heterocycles. The van der Waals surface area contributed by atoms with Gasteiger partial charge in [-0.3, -0.25) is 4.79 Å². The molecule has 0 saturated heterocycles. The van der Waals surface area contributed by atoms with Crippen LogP contribution in [0.4, 0.5) is 0 Å². The number of carbonyl (C=O) groups excluding carboxylic acids is 2. The molecule has 2 aromatic carbocycles. The van der Waals surface area contributed by atoms with Crippen LogP contribution in [0, 0.1) is 0 Å². The second-order valence-corrected chi connectivity index (χ2v) is 7.94. The van der Waals surface area contributed by atoms with E-state index in [1.807, 2.05) is 61.5 Å². The van der Waals surface area contributed by atoms with E-state index in [1.165, 1.54) is 7.11 Å². The lowest BCUT2D eigenvalue weighted by atomic mass is 10.0. The lowest BCUT2D eigenvalue weighted by Gasteiger charge is -2.25. The summed E-state index contributed by atoms with van der Waals surface area (Å²) in [5, 5.41) is 0. The minimum Gasteiger partial charge on any atom is -0.488 e. The number of methoxy groups -OCH3 is 1. The Balaban J connectivity index is 1.68. The first kappa shape index (κ1) is 20.9. The molecule has 0 N–H and O–H groups in total. The van der Waals surface area contributed by atoms with Crippen molar-refractivity contribution in [1.29, 1.82) is 0 Å². The van der Waals surface area contributed by atoms with Crippen LogP contribution in [0.1, 0.15) is 43.7 Å². The summed E-state index contributed by atoms with van der Waals surface area (Å²) in [6.07, 6.45) is 5.88. The number of hydrogen-bond donors (Lipinski definition) is 0. The van der Waals surface area contributed by atoms with Gasteiger partial charge in [0.1, 0.15) is 12.4 Å². The van der Waals surface area contributed by atoms with E-state index in [4.69, 9.17) is 9.47 Å². The zero-order chi connectivity index (χ0) is 21.8. The fourth-order valence-corrected chi connectivity index (χ4v) is 4.42. The highest BCUT2D eigenvalue weighted by Crippen LogP contribution is 2.38. The van der Waals surface area contributed by atoms with E-state index < -0.39 is 5.97 Å². The van der Waals surface area contributed by atoms with Gasteiger partial charge < -0.3 is 14.4 Å². The Labute approximate surface area is 183 Å². The van der Waals surface area contributed by atoms with E-state index in [0.29, 0.717) is 29.2 Å². The monoisotopic (exact) mass is 417 g/mol. The number of benzene rings is 2. The van der Waals surface area contributed by atoms with Crippen molar-refractivity contribution in [3.05, 3.63) is 82.6 Å². The molecule has 1 amide bonds. The highest BCUT2D eigenvalue weighted by Gasteiger charge is 2.41. The quantitative estimate of drug-likeness (QED) is 0.497. The third kappa shape index (κ3) is 4.26. The Bertz CT molecular complexity index is 1030. The van der Waals surface area contributed by atoms with Crippen LogP contribution < -0.4 is 4.74 Å². The Kier molecular flexibility index (Phi) is 6.21. The molecule has 1 saturated carbocycles. The summed E-state index contributed by atoms with van der Waals surface area (Å²) in [4.78, 5) is 27.8. The van der Waals surface area contributed by atoms with Gasteiger partial charge in [0, 0.05) is 17.3 Å². The molecule has 5 nitrogen and oxygen atoms in total. The number of para-hydroxylation sites is 1. The van der Waals surface area contributed by atoms with Crippen molar-refractivity contribution >= 4 is 18.0 Å². The predicted molar refractivity (Wildman–Crippen MR) is 119 cm³/mol. The van der Waals surface area contributed by atoms with Crippen LogP contribution in [0.5, 0.6) is 5.75 Å². The number of nitrogens with zero attached hydrogens (tertiary/aromatic N) is 1. The summed E-state index contributed by atoms with van der Waals surface area (Å²) in [6.45, 7) is 2.25. The highest BCUT2D eigenvalue weighted by molar-refractivity contribution is 6.16. The molecule has 0 spiro atoms. The first-order valence-electron chi connectivity index (χ1n) is 10.7. The topological polar surface area (TPSA) is 55.8 Å². The number of rotatable bonds is 6. The molecule has 5 heteroatoms. The van der Waals surface area contributed by atoms with Gasteiger partial charge in [-0.05, 0) is 37.5 Å². The molecule has 160 valence electrons. The van der Waals surface area contributed by atoms with Crippen molar-refractivity contribution in [3.8, 4) is 5.75 Å². The van der Waals surface area contributed by atoms with Gasteiger partial charge in [0.05, 0.1) is 18.3 Å². The number of hydrogen-bond acceptors (Lipinski definition) is 4. The molecule has 1 aliphatic heterocycles.